The Kier molecular flexibility index (Phi) is 3.55. The molecule has 3 aromatic rings. The molecule has 0 bridgehead atoms. The van der Waals surface area contributed by atoms with Gasteiger partial charge in [0.2, 0.25) is 0 Å². The molecule has 2 nitrogen and oxygen atoms in total. The lowest BCUT2D eigenvalue weighted by atomic mass is 10.2. The van der Waals surface area contributed by atoms with Gasteiger partial charge in [-0.25, -0.2) is 18.2 Å². The molecule has 0 aliphatic heterocycles. The highest BCUT2D eigenvalue weighted by atomic mass is 35.5. The van der Waals surface area contributed by atoms with E-state index in [1.165, 1.54) is 10.6 Å². The van der Waals surface area contributed by atoms with Gasteiger partial charge in [-0.05, 0) is 18.2 Å². The number of fused-ring (bicyclic) bond motifs is 1. The van der Waals surface area contributed by atoms with E-state index in [1.807, 2.05) is 0 Å². The molecule has 108 valence electrons. The molecule has 1 aromatic heterocycles. The van der Waals surface area contributed by atoms with Crippen molar-refractivity contribution in [3.8, 4) is 5.69 Å². The Morgan fingerprint density at radius 3 is 2.57 bits per heavy atom. The summed E-state index contributed by atoms with van der Waals surface area (Å²) in [5.41, 5.74) is 0.620. The summed E-state index contributed by atoms with van der Waals surface area (Å²) in [6, 6.07) is 6.13. The Hall–Kier alpha value is -1.72. The maximum atomic E-state index is 14.0. The van der Waals surface area contributed by atoms with Crippen molar-refractivity contribution in [2.75, 3.05) is 0 Å². The van der Waals surface area contributed by atoms with Crippen LogP contribution in [0.2, 0.25) is 5.02 Å². The molecule has 0 N–H and O–H groups in total. The number of benzene rings is 2. The smallest absolute Gasteiger partial charge is 0.183 e. The van der Waals surface area contributed by atoms with Crippen molar-refractivity contribution in [3.63, 3.8) is 0 Å². The third-order valence-corrected chi connectivity index (χ3v) is 3.49. The Labute approximate surface area is 127 Å². The standard InChI is InChI=1S/C14H7Cl2F3N2/c15-6-13-20-10-2-1-7(16)3-11(10)21(13)12-5-8(17)4-9(18)14(12)19/h1-5H,6H2. The average molecular weight is 331 g/mol. The first kappa shape index (κ1) is 14.2. The van der Waals surface area contributed by atoms with E-state index in [1.54, 1.807) is 12.1 Å². The van der Waals surface area contributed by atoms with E-state index in [2.05, 4.69) is 4.98 Å². The first-order chi connectivity index (χ1) is 10.0. The fourth-order valence-corrected chi connectivity index (χ4v) is 2.51. The number of aromatic nitrogens is 2. The molecule has 3 rings (SSSR count). The quantitative estimate of drug-likeness (QED) is 0.486. The van der Waals surface area contributed by atoms with Crippen molar-refractivity contribution in [1.29, 1.82) is 0 Å². The highest BCUT2D eigenvalue weighted by molar-refractivity contribution is 6.31. The second kappa shape index (κ2) is 5.24. The van der Waals surface area contributed by atoms with Crippen LogP contribution < -0.4 is 0 Å². The van der Waals surface area contributed by atoms with E-state index in [4.69, 9.17) is 23.2 Å². The maximum absolute atomic E-state index is 14.0. The fraction of sp³-hybridized carbons (Fsp3) is 0.0714. The molecule has 0 radical (unpaired) electrons. The van der Waals surface area contributed by atoms with Gasteiger partial charge >= 0.3 is 0 Å². The van der Waals surface area contributed by atoms with Crippen molar-refractivity contribution in [1.82, 2.24) is 9.55 Å². The first-order valence-electron chi connectivity index (χ1n) is 5.89. The zero-order chi connectivity index (χ0) is 15.1. The summed E-state index contributed by atoms with van der Waals surface area (Å²) >= 11 is 11.7. The second-order valence-electron chi connectivity index (χ2n) is 4.35. The SMILES string of the molecule is Fc1cc(F)c(F)c(-n2c(CCl)nc3ccc(Cl)cc32)c1. The van der Waals surface area contributed by atoms with Crippen LogP contribution in [0.1, 0.15) is 5.82 Å². The zero-order valence-electron chi connectivity index (χ0n) is 10.4. The van der Waals surface area contributed by atoms with Crippen LogP contribution >= 0.6 is 23.2 Å². The van der Waals surface area contributed by atoms with Gasteiger partial charge < -0.3 is 0 Å². The van der Waals surface area contributed by atoms with E-state index >= 15 is 0 Å². The predicted molar refractivity (Wildman–Crippen MR) is 75.5 cm³/mol. The molecule has 0 unspecified atom stereocenters. The molecule has 0 fully saturated rings. The number of alkyl halides is 1. The molecular weight excluding hydrogens is 324 g/mol. The highest BCUT2D eigenvalue weighted by Crippen LogP contribution is 2.28. The molecule has 0 amide bonds. The molecule has 0 atom stereocenters. The summed E-state index contributed by atoms with van der Waals surface area (Å²) in [5, 5.41) is 0.391. The Morgan fingerprint density at radius 1 is 1.10 bits per heavy atom. The second-order valence-corrected chi connectivity index (χ2v) is 5.05. The van der Waals surface area contributed by atoms with Crippen molar-refractivity contribution >= 4 is 34.2 Å². The minimum Gasteiger partial charge on any atom is -0.292 e. The predicted octanol–water partition coefficient (Wildman–Crippen LogP) is 4.84. The minimum absolute atomic E-state index is 0.0517. The zero-order valence-corrected chi connectivity index (χ0v) is 11.9. The van der Waals surface area contributed by atoms with Crippen molar-refractivity contribution in [2.45, 2.75) is 5.88 Å². The largest absolute Gasteiger partial charge is 0.292 e. The van der Waals surface area contributed by atoms with E-state index in [9.17, 15) is 13.2 Å². The number of rotatable bonds is 2. The van der Waals surface area contributed by atoms with E-state index < -0.39 is 17.5 Å². The number of hydrogen-bond donors (Lipinski definition) is 0. The van der Waals surface area contributed by atoms with E-state index in [0.717, 1.165) is 6.07 Å². The van der Waals surface area contributed by atoms with Gasteiger partial charge in [-0.15, -0.1) is 11.6 Å². The number of hydrogen-bond acceptors (Lipinski definition) is 1. The maximum Gasteiger partial charge on any atom is 0.183 e. The summed E-state index contributed by atoms with van der Waals surface area (Å²) in [6.45, 7) is 0. The van der Waals surface area contributed by atoms with E-state index in [0.29, 0.717) is 22.1 Å². The summed E-state index contributed by atoms with van der Waals surface area (Å²) in [5.74, 6) is -3.15. The summed E-state index contributed by atoms with van der Waals surface area (Å²) in [7, 11) is 0. The molecule has 7 heteroatoms. The topological polar surface area (TPSA) is 17.8 Å². The van der Waals surface area contributed by atoms with Gasteiger partial charge in [-0.3, -0.25) is 4.57 Å². The number of nitrogens with zero attached hydrogens (tertiary/aromatic N) is 2. The lowest BCUT2D eigenvalue weighted by Gasteiger charge is -2.10. The van der Waals surface area contributed by atoms with Gasteiger partial charge in [0, 0.05) is 17.2 Å². The molecule has 2 aromatic carbocycles. The minimum atomic E-state index is -1.28. The normalized spacial score (nSPS) is 11.3. The van der Waals surface area contributed by atoms with Crippen LogP contribution in [-0.4, -0.2) is 9.55 Å². The van der Waals surface area contributed by atoms with Gasteiger partial charge in [0.1, 0.15) is 11.6 Å². The third kappa shape index (κ3) is 2.36. The van der Waals surface area contributed by atoms with Gasteiger partial charge in [0.25, 0.3) is 0 Å². The summed E-state index contributed by atoms with van der Waals surface area (Å²) in [6.07, 6.45) is 0. The molecule has 0 aliphatic carbocycles. The highest BCUT2D eigenvalue weighted by Gasteiger charge is 2.19. The average Bonchev–Trinajstić information content (AvgIpc) is 2.80. The van der Waals surface area contributed by atoms with Crippen molar-refractivity contribution in [2.24, 2.45) is 0 Å². The van der Waals surface area contributed by atoms with Crippen LogP contribution in [0.25, 0.3) is 16.7 Å². The molecule has 0 saturated carbocycles. The molecule has 1 heterocycles. The summed E-state index contributed by atoms with van der Waals surface area (Å²) in [4.78, 5) is 4.21. The molecule has 0 aliphatic rings. The van der Waals surface area contributed by atoms with Crippen LogP contribution in [0.4, 0.5) is 13.2 Å². The van der Waals surface area contributed by atoms with Crippen LogP contribution in [0, 0.1) is 17.5 Å². The monoisotopic (exact) mass is 330 g/mol. The Bertz CT molecular complexity index is 846. The van der Waals surface area contributed by atoms with Crippen LogP contribution in [0.3, 0.4) is 0 Å². The van der Waals surface area contributed by atoms with Crippen molar-refractivity contribution < 1.29 is 13.2 Å². The van der Waals surface area contributed by atoms with Crippen molar-refractivity contribution in [3.05, 3.63) is 58.6 Å². The van der Waals surface area contributed by atoms with Gasteiger partial charge in [-0.2, -0.15) is 0 Å². The van der Waals surface area contributed by atoms with Gasteiger partial charge in [-0.1, -0.05) is 11.6 Å². The van der Waals surface area contributed by atoms with Crippen LogP contribution in [-0.2, 0) is 5.88 Å². The van der Waals surface area contributed by atoms with Gasteiger partial charge in [0.05, 0.1) is 22.6 Å². The fourth-order valence-electron chi connectivity index (χ4n) is 2.16. The number of imidazole rings is 1. The third-order valence-electron chi connectivity index (χ3n) is 3.02. The molecular formula is C14H7Cl2F3N2. The Morgan fingerprint density at radius 2 is 1.86 bits per heavy atom. The first-order valence-corrected chi connectivity index (χ1v) is 6.80. The van der Waals surface area contributed by atoms with Gasteiger partial charge in [0.15, 0.2) is 11.6 Å². The van der Waals surface area contributed by atoms with E-state index in [-0.39, 0.29) is 17.4 Å². The Balaban J connectivity index is 2.41. The molecule has 0 spiro atoms. The molecule has 0 saturated heterocycles. The summed E-state index contributed by atoms with van der Waals surface area (Å²) < 4.78 is 42.1. The van der Waals surface area contributed by atoms with Crippen LogP contribution in [0.5, 0.6) is 0 Å². The lowest BCUT2D eigenvalue weighted by molar-refractivity contribution is 0.490. The van der Waals surface area contributed by atoms with Crippen LogP contribution in [0.15, 0.2) is 30.3 Å². The lowest BCUT2D eigenvalue weighted by Crippen LogP contribution is -2.04. The molecule has 21 heavy (non-hydrogen) atoms. The number of halogens is 5.